The van der Waals surface area contributed by atoms with Crippen molar-refractivity contribution in [2.24, 2.45) is 11.1 Å². The van der Waals surface area contributed by atoms with Crippen molar-refractivity contribution in [2.75, 3.05) is 11.9 Å². The monoisotopic (exact) mass is 561 g/mol. The van der Waals surface area contributed by atoms with E-state index >= 15 is 0 Å². The normalized spacial score (nSPS) is 13.2. The average Bonchev–Trinajstić information content (AvgIpc) is 3.78. The number of anilines is 1. The van der Waals surface area contributed by atoms with Gasteiger partial charge < -0.3 is 20.3 Å². The minimum Gasteiger partial charge on any atom is -0.512 e. The van der Waals surface area contributed by atoms with Gasteiger partial charge in [-0.1, -0.05) is 29.8 Å². The van der Waals surface area contributed by atoms with Crippen LogP contribution in [0.5, 0.6) is 11.5 Å². The van der Waals surface area contributed by atoms with Crippen molar-refractivity contribution in [3.63, 3.8) is 0 Å². The van der Waals surface area contributed by atoms with Crippen molar-refractivity contribution < 1.29 is 24.5 Å². The molecule has 1 fully saturated rings. The number of benzene rings is 3. The first kappa shape index (κ1) is 28.5. The number of nitrogens with zero attached hydrogens (tertiary/aromatic N) is 1. The Hall–Kier alpha value is -4.50. The number of aromatic hydroxyl groups is 1. The fourth-order valence-electron chi connectivity index (χ4n) is 4.45. The van der Waals surface area contributed by atoms with E-state index in [2.05, 4.69) is 10.5 Å². The molecule has 206 valence electrons. The Morgan fingerprint density at radius 3 is 2.60 bits per heavy atom. The Morgan fingerprint density at radius 1 is 1.18 bits per heavy atom. The molecule has 4 rings (SSSR count). The van der Waals surface area contributed by atoms with E-state index < -0.39 is 5.91 Å². The number of aliphatic hydroxyl groups is 1. The van der Waals surface area contributed by atoms with Crippen LogP contribution in [0.15, 0.2) is 71.1 Å². The van der Waals surface area contributed by atoms with Crippen LogP contribution < -0.4 is 10.1 Å². The Morgan fingerprint density at radius 2 is 1.95 bits per heavy atom. The number of nitroso groups, excluding NO2 is 1. The van der Waals surface area contributed by atoms with E-state index in [0.717, 1.165) is 24.0 Å². The molecular weight excluding hydrogens is 534 g/mol. The van der Waals surface area contributed by atoms with Gasteiger partial charge in [-0.25, -0.2) is 0 Å². The Balaban J connectivity index is 1.55. The quantitative estimate of drug-likeness (QED) is 0.0884. The number of amides is 2. The lowest BCUT2D eigenvalue weighted by molar-refractivity contribution is -0.105. The Bertz CT molecular complexity index is 1490. The van der Waals surface area contributed by atoms with Crippen molar-refractivity contribution in [3.8, 4) is 11.5 Å². The minimum atomic E-state index is -1.05. The first-order chi connectivity index (χ1) is 19.2. The van der Waals surface area contributed by atoms with Crippen LogP contribution in [0, 0.1) is 23.2 Å². The highest BCUT2D eigenvalue weighted by atomic mass is 35.5. The summed E-state index contributed by atoms with van der Waals surface area (Å²) in [5.41, 5.74) is 3.67. The predicted octanol–water partition coefficient (Wildman–Crippen LogP) is 6.28. The predicted molar refractivity (Wildman–Crippen MR) is 153 cm³/mol. The lowest BCUT2D eigenvalue weighted by atomic mass is 9.96. The van der Waals surface area contributed by atoms with Crippen LogP contribution in [-0.2, 0) is 17.6 Å². The number of aliphatic hydroxyl groups excluding tert-OH is 1. The molecule has 0 heterocycles. The number of phenols is 1. The van der Waals surface area contributed by atoms with Gasteiger partial charge in [0.15, 0.2) is 0 Å². The molecule has 0 atom stereocenters. The van der Waals surface area contributed by atoms with Crippen molar-refractivity contribution in [2.45, 2.75) is 32.6 Å². The number of carbonyl (C=O) groups is 2. The average molecular weight is 562 g/mol. The highest BCUT2D eigenvalue weighted by Gasteiger charge is 2.31. The van der Waals surface area contributed by atoms with E-state index in [1.165, 1.54) is 12.1 Å². The van der Waals surface area contributed by atoms with Crippen LogP contribution in [0.4, 0.5) is 5.69 Å². The van der Waals surface area contributed by atoms with Gasteiger partial charge in [0.05, 0.1) is 21.9 Å². The van der Waals surface area contributed by atoms with Crippen LogP contribution in [0.1, 0.15) is 45.5 Å². The fraction of sp³-hybridized carbons (Fsp3) is 0.233. The topological polar surface area (TPSA) is 149 Å². The van der Waals surface area contributed by atoms with E-state index in [-0.39, 0.29) is 35.3 Å². The second-order valence-corrected chi connectivity index (χ2v) is 9.97. The van der Waals surface area contributed by atoms with Gasteiger partial charge in [0.2, 0.25) is 6.41 Å². The second-order valence-electron chi connectivity index (χ2n) is 9.56. The molecule has 0 aliphatic heterocycles. The molecular formula is C30H28ClN3O6. The van der Waals surface area contributed by atoms with E-state index in [1.807, 2.05) is 19.1 Å². The zero-order valence-electron chi connectivity index (χ0n) is 21.7. The minimum absolute atomic E-state index is 0.00289. The lowest BCUT2D eigenvalue weighted by Gasteiger charge is -2.17. The molecule has 10 heteroatoms. The molecule has 4 N–H and O–H groups in total. The maximum Gasteiger partial charge on any atom is 0.320 e. The molecule has 3 aromatic carbocycles. The first-order valence-electron chi connectivity index (χ1n) is 12.6. The van der Waals surface area contributed by atoms with E-state index in [1.54, 1.807) is 30.3 Å². The summed E-state index contributed by atoms with van der Waals surface area (Å²) in [6.45, 7) is 1.80. The van der Waals surface area contributed by atoms with Crippen LogP contribution >= 0.6 is 11.6 Å². The van der Waals surface area contributed by atoms with Gasteiger partial charge in [-0.2, -0.15) is 0 Å². The molecule has 0 bridgehead atoms. The number of hydrogen-bond donors (Lipinski definition) is 4. The molecule has 1 aliphatic rings. The molecule has 3 aromatic rings. The molecule has 2 amide bonds. The van der Waals surface area contributed by atoms with Crippen LogP contribution in [0.2, 0.25) is 5.02 Å². The Kier molecular flexibility index (Phi) is 8.96. The first-order valence-corrected chi connectivity index (χ1v) is 13.0. The molecule has 40 heavy (non-hydrogen) atoms. The zero-order chi connectivity index (χ0) is 28.8. The number of carbonyl (C=O) groups excluding carboxylic acids is 2. The molecule has 0 radical (unpaired) electrons. The van der Waals surface area contributed by atoms with Crippen molar-refractivity contribution in [1.82, 2.24) is 0 Å². The highest BCUT2D eigenvalue weighted by molar-refractivity contribution is 6.35. The molecule has 0 spiro atoms. The van der Waals surface area contributed by atoms with Crippen LogP contribution in [-0.4, -0.2) is 34.8 Å². The van der Waals surface area contributed by atoms with Crippen LogP contribution in [0.25, 0.3) is 0 Å². The van der Waals surface area contributed by atoms with Gasteiger partial charge in [0.25, 0.3) is 0 Å². The number of nitrogens with one attached hydrogen (secondary N) is 2. The number of rotatable bonds is 12. The van der Waals surface area contributed by atoms with Gasteiger partial charge >= 0.3 is 5.91 Å². The number of halogens is 1. The van der Waals surface area contributed by atoms with Gasteiger partial charge in [0.1, 0.15) is 23.9 Å². The Labute approximate surface area is 235 Å². The van der Waals surface area contributed by atoms with Crippen LogP contribution in [0.3, 0.4) is 0 Å². The fourth-order valence-corrected chi connectivity index (χ4v) is 4.76. The standard InChI is InChI=1S/C30H28ClN3O6/c1-17-3-2-4-24(31)27(17)28(32)23(29(37)19-8-9-19)15-40-21-10-12-25(33-16-35)20(14-21)7-5-18-6-11-22(26(36)13-18)30(38)34-39/h2-4,6,10-14,16,19,32,36-37H,5,7-9,15H2,1H3,(H,33,35)/b29-23-,32-28?. The number of aryl methyl sites for hydroxylation is 3. The third-order valence-corrected chi connectivity index (χ3v) is 7.09. The molecule has 1 aliphatic carbocycles. The molecule has 0 unspecified atom stereocenters. The summed E-state index contributed by atoms with van der Waals surface area (Å²) in [4.78, 5) is 33.2. The van der Waals surface area contributed by atoms with Crippen molar-refractivity contribution >= 4 is 35.3 Å². The lowest BCUT2D eigenvalue weighted by Crippen LogP contribution is -2.17. The van der Waals surface area contributed by atoms with E-state index in [0.29, 0.717) is 52.4 Å². The van der Waals surface area contributed by atoms with Gasteiger partial charge in [-0.15, -0.1) is 4.91 Å². The third kappa shape index (κ3) is 6.55. The highest BCUT2D eigenvalue weighted by Crippen LogP contribution is 2.38. The second kappa shape index (κ2) is 12.6. The molecule has 1 saturated carbocycles. The summed E-state index contributed by atoms with van der Waals surface area (Å²) in [6, 6.07) is 14.9. The van der Waals surface area contributed by atoms with Gasteiger partial charge in [-0.05, 0) is 85.7 Å². The maximum atomic E-state index is 11.5. The SMILES string of the molecule is Cc1cccc(Cl)c1C(=N)/C(COc1ccc(NC=O)c(CCc2ccc(C(=O)N=O)c(O)c2)c1)=C(\O)C1CC1. The maximum absolute atomic E-state index is 11.5. The number of phenolic OH excluding ortho intramolecular Hbond substituents is 1. The summed E-state index contributed by atoms with van der Waals surface area (Å²) < 4.78 is 6.05. The molecule has 0 aromatic heterocycles. The summed E-state index contributed by atoms with van der Waals surface area (Å²) >= 11 is 6.41. The summed E-state index contributed by atoms with van der Waals surface area (Å²) in [6.07, 6.45) is 3.14. The largest absolute Gasteiger partial charge is 0.512 e. The summed E-state index contributed by atoms with van der Waals surface area (Å²) in [5, 5.41) is 35.3. The number of hydrogen-bond acceptors (Lipinski definition) is 7. The van der Waals surface area contributed by atoms with Gasteiger partial charge in [0, 0.05) is 22.3 Å². The van der Waals surface area contributed by atoms with Crippen molar-refractivity contribution in [3.05, 3.63) is 104 Å². The molecule has 0 saturated heterocycles. The zero-order valence-corrected chi connectivity index (χ0v) is 22.5. The summed E-state index contributed by atoms with van der Waals surface area (Å²) in [7, 11) is 0. The van der Waals surface area contributed by atoms with Crippen molar-refractivity contribution in [1.29, 1.82) is 5.41 Å². The third-order valence-electron chi connectivity index (χ3n) is 6.78. The van der Waals surface area contributed by atoms with E-state index in [4.69, 9.17) is 21.7 Å². The van der Waals surface area contributed by atoms with Gasteiger partial charge in [-0.3, -0.25) is 15.0 Å². The number of allylic oxidation sites excluding steroid dienone is 1. The van der Waals surface area contributed by atoms with E-state index in [9.17, 15) is 24.7 Å². The molecule has 9 nitrogen and oxygen atoms in total. The summed E-state index contributed by atoms with van der Waals surface area (Å²) in [5.74, 6) is -0.786. The number of ether oxygens (including phenoxy) is 1. The smallest absolute Gasteiger partial charge is 0.320 e.